The molecular formula is C17H19N3O2S. The highest BCUT2D eigenvalue weighted by Gasteiger charge is 2.30. The van der Waals surface area contributed by atoms with Crippen molar-refractivity contribution in [3.63, 3.8) is 0 Å². The minimum atomic E-state index is -0.0866. The van der Waals surface area contributed by atoms with Gasteiger partial charge in [-0.15, -0.1) is 11.8 Å². The maximum absolute atomic E-state index is 12.2. The number of hydrogen-bond donors (Lipinski definition) is 1. The Morgan fingerprint density at radius 1 is 1.39 bits per heavy atom. The van der Waals surface area contributed by atoms with Crippen LogP contribution in [0.25, 0.3) is 10.9 Å². The second-order valence-corrected chi connectivity index (χ2v) is 6.46. The Morgan fingerprint density at radius 3 is 2.87 bits per heavy atom. The van der Waals surface area contributed by atoms with Crippen molar-refractivity contribution in [2.75, 3.05) is 19.3 Å². The monoisotopic (exact) mass is 329 g/mol. The van der Waals surface area contributed by atoms with Crippen molar-refractivity contribution in [3.05, 3.63) is 43.1 Å². The van der Waals surface area contributed by atoms with E-state index in [4.69, 9.17) is 0 Å². The minimum absolute atomic E-state index is 0.0351. The van der Waals surface area contributed by atoms with Gasteiger partial charge in [0.2, 0.25) is 11.8 Å². The topological polar surface area (TPSA) is 54.3 Å². The highest BCUT2D eigenvalue weighted by Crippen LogP contribution is 2.22. The number of carbonyl (C=O) groups excluding carboxylic acids is 2. The summed E-state index contributed by atoms with van der Waals surface area (Å²) in [5.74, 6) is -0.122. The molecule has 1 fully saturated rings. The van der Waals surface area contributed by atoms with E-state index >= 15 is 0 Å². The number of hydrogen-bond acceptors (Lipinski definition) is 3. The molecule has 6 heteroatoms. The average molecular weight is 329 g/mol. The Bertz CT molecular complexity index is 762. The molecule has 23 heavy (non-hydrogen) atoms. The molecule has 2 heterocycles. The second-order valence-electron chi connectivity index (χ2n) is 5.58. The molecule has 0 saturated carbocycles. The van der Waals surface area contributed by atoms with E-state index in [1.807, 2.05) is 29.2 Å². The molecule has 2 amide bonds. The van der Waals surface area contributed by atoms with Crippen molar-refractivity contribution < 1.29 is 9.59 Å². The highest BCUT2D eigenvalue weighted by atomic mass is 32.2. The summed E-state index contributed by atoms with van der Waals surface area (Å²) in [4.78, 5) is 26.4. The number of nitrogens with zero attached hydrogens (tertiary/aromatic N) is 2. The summed E-state index contributed by atoms with van der Waals surface area (Å²) in [6, 6.07) is 8.29. The molecule has 1 aliphatic heterocycles. The Morgan fingerprint density at radius 2 is 2.17 bits per heavy atom. The van der Waals surface area contributed by atoms with Crippen molar-refractivity contribution in [3.8, 4) is 0 Å². The molecule has 1 aromatic carbocycles. The van der Waals surface area contributed by atoms with E-state index in [9.17, 15) is 9.59 Å². The van der Waals surface area contributed by atoms with Crippen LogP contribution in [-0.4, -0.2) is 46.7 Å². The predicted octanol–water partition coefficient (Wildman–Crippen LogP) is 1.88. The van der Waals surface area contributed by atoms with Crippen LogP contribution in [0.1, 0.15) is 0 Å². The first-order valence-corrected chi connectivity index (χ1v) is 8.67. The van der Waals surface area contributed by atoms with Gasteiger partial charge in [0.05, 0.1) is 6.04 Å². The summed E-state index contributed by atoms with van der Waals surface area (Å²) >= 11 is 1.70. The van der Waals surface area contributed by atoms with E-state index in [0.29, 0.717) is 13.1 Å². The number of aromatic nitrogens is 1. The number of nitrogens with one attached hydrogen (secondary N) is 1. The van der Waals surface area contributed by atoms with Crippen LogP contribution in [0.5, 0.6) is 0 Å². The molecule has 120 valence electrons. The van der Waals surface area contributed by atoms with Gasteiger partial charge in [-0.1, -0.05) is 6.58 Å². The Hall–Kier alpha value is -2.21. The summed E-state index contributed by atoms with van der Waals surface area (Å²) < 4.78 is 1.94. The Kier molecular flexibility index (Phi) is 4.43. The third-order valence-electron chi connectivity index (χ3n) is 4.03. The van der Waals surface area contributed by atoms with E-state index in [2.05, 4.69) is 24.0 Å². The van der Waals surface area contributed by atoms with Crippen LogP contribution in [0.2, 0.25) is 0 Å². The summed E-state index contributed by atoms with van der Waals surface area (Å²) in [5.41, 5.74) is 1.05. The van der Waals surface area contributed by atoms with Crippen molar-refractivity contribution in [1.29, 1.82) is 0 Å². The van der Waals surface area contributed by atoms with Crippen LogP contribution < -0.4 is 5.32 Å². The van der Waals surface area contributed by atoms with Gasteiger partial charge in [0.1, 0.15) is 6.54 Å². The molecule has 0 radical (unpaired) electrons. The zero-order valence-corrected chi connectivity index (χ0v) is 13.8. The van der Waals surface area contributed by atoms with E-state index in [0.717, 1.165) is 10.9 Å². The number of thioether (sulfide) groups is 1. The normalized spacial score (nSPS) is 14.6. The lowest BCUT2D eigenvalue weighted by Gasteiger charge is -2.38. The molecule has 0 aliphatic carbocycles. The van der Waals surface area contributed by atoms with Crippen LogP contribution in [0.3, 0.4) is 0 Å². The van der Waals surface area contributed by atoms with Crippen LogP contribution >= 0.6 is 11.8 Å². The maximum atomic E-state index is 12.2. The van der Waals surface area contributed by atoms with Gasteiger partial charge < -0.3 is 14.8 Å². The van der Waals surface area contributed by atoms with E-state index in [-0.39, 0.29) is 24.4 Å². The largest absolute Gasteiger partial charge is 0.348 e. The van der Waals surface area contributed by atoms with Gasteiger partial charge >= 0.3 is 0 Å². The van der Waals surface area contributed by atoms with E-state index in [1.54, 1.807) is 16.7 Å². The molecular weight excluding hydrogens is 310 g/mol. The lowest BCUT2D eigenvalue weighted by atomic mass is 10.1. The van der Waals surface area contributed by atoms with Gasteiger partial charge in [-0.3, -0.25) is 9.59 Å². The predicted molar refractivity (Wildman–Crippen MR) is 92.4 cm³/mol. The van der Waals surface area contributed by atoms with Crippen molar-refractivity contribution in [2.24, 2.45) is 0 Å². The van der Waals surface area contributed by atoms with Crippen LogP contribution in [0, 0.1) is 0 Å². The first-order valence-electron chi connectivity index (χ1n) is 7.44. The van der Waals surface area contributed by atoms with Crippen LogP contribution in [-0.2, 0) is 16.1 Å². The highest BCUT2D eigenvalue weighted by molar-refractivity contribution is 7.98. The first-order chi connectivity index (χ1) is 11.1. The Balaban J connectivity index is 1.59. The summed E-state index contributed by atoms with van der Waals surface area (Å²) in [5, 5.41) is 4.09. The van der Waals surface area contributed by atoms with E-state index < -0.39 is 0 Å². The molecule has 3 rings (SSSR count). The summed E-state index contributed by atoms with van der Waals surface area (Å²) in [6.07, 6.45) is 5.28. The van der Waals surface area contributed by atoms with Gasteiger partial charge in [-0.05, 0) is 36.6 Å². The third-order valence-corrected chi connectivity index (χ3v) is 4.75. The quantitative estimate of drug-likeness (QED) is 0.673. The van der Waals surface area contributed by atoms with Crippen molar-refractivity contribution >= 4 is 34.5 Å². The molecule has 0 atom stereocenters. The molecule has 0 spiro atoms. The average Bonchev–Trinajstić information content (AvgIpc) is 2.91. The Labute approximate surface area is 139 Å². The van der Waals surface area contributed by atoms with Gasteiger partial charge in [0, 0.05) is 35.1 Å². The zero-order chi connectivity index (χ0) is 16.4. The molecule has 1 N–H and O–H groups in total. The molecule has 1 aliphatic rings. The molecule has 5 nitrogen and oxygen atoms in total. The molecule has 0 unspecified atom stereocenters. The third kappa shape index (κ3) is 3.27. The fraction of sp³-hybridized carbons (Fsp3) is 0.294. The van der Waals surface area contributed by atoms with Crippen molar-refractivity contribution in [2.45, 2.75) is 17.5 Å². The van der Waals surface area contributed by atoms with Crippen molar-refractivity contribution in [1.82, 2.24) is 14.8 Å². The van der Waals surface area contributed by atoms with E-state index in [1.165, 1.54) is 11.0 Å². The van der Waals surface area contributed by atoms with Gasteiger partial charge in [-0.25, -0.2) is 0 Å². The number of amides is 2. The first kappa shape index (κ1) is 15.7. The zero-order valence-electron chi connectivity index (χ0n) is 13.0. The fourth-order valence-electron chi connectivity index (χ4n) is 2.75. The number of fused-ring (bicyclic) bond motifs is 1. The fourth-order valence-corrected chi connectivity index (χ4v) is 3.20. The summed E-state index contributed by atoms with van der Waals surface area (Å²) in [6.45, 7) is 4.85. The van der Waals surface area contributed by atoms with Gasteiger partial charge in [0.15, 0.2) is 0 Å². The van der Waals surface area contributed by atoms with Gasteiger partial charge in [0.25, 0.3) is 0 Å². The molecule has 1 aromatic heterocycles. The number of likely N-dealkylation sites (tertiary alicyclic amines) is 1. The lowest BCUT2D eigenvalue weighted by molar-refractivity contribution is -0.133. The maximum Gasteiger partial charge on any atom is 0.246 e. The lowest BCUT2D eigenvalue weighted by Crippen LogP contribution is -2.61. The number of benzene rings is 1. The van der Waals surface area contributed by atoms with Gasteiger partial charge in [-0.2, -0.15) is 0 Å². The molecule has 2 aromatic rings. The number of carbonyl (C=O) groups is 2. The SMILES string of the molecule is C=CC(=O)N1CC(NC(=O)Cn2ccc3cc(SC)ccc32)C1. The summed E-state index contributed by atoms with van der Waals surface area (Å²) in [7, 11) is 0. The standard InChI is InChI=1S/C17H19N3O2S/c1-3-17(22)20-9-13(10-20)18-16(21)11-19-7-6-12-8-14(23-2)4-5-15(12)19/h3-8,13H,1,9-11H2,2H3,(H,18,21). The van der Waals surface area contributed by atoms with Crippen LogP contribution in [0.4, 0.5) is 0 Å². The molecule has 1 saturated heterocycles. The molecule has 0 bridgehead atoms. The number of rotatable bonds is 5. The second kappa shape index (κ2) is 6.50. The van der Waals surface area contributed by atoms with Crippen LogP contribution in [0.15, 0.2) is 48.0 Å². The smallest absolute Gasteiger partial charge is 0.246 e. The minimum Gasteiger partial charge on any atom is -0.348 e.